The lowest BCUT2D eigenvalue weighted by Crippen LogP contribution is -2.58. The van der Waals surface area contributed by atoms with E-state index in [9.17, 15) is 14.4 Å². The largest absolute Gasteiger partial charge is 0.484 e. The van der Waals surface area contributed by atoms with Gasteiger partial charge in [-0.25, -0.2) is 0 Å². The van der Waals surface area contributed by atoms with Crippen molar-refractivity contribution in [2.45, 2.75) is 39.7 Å². The molecule has 0 spiro atoms. The van der Waals surface area contributed by atoms with Gasteiger partial charge in [-0.05, 0) is 37.0 Å². The molecule has 1 saturated heterocycles. The van der Waals surface area contributed by atoms with E-state index in [0.717, 1.165) is 12.0 Å². The lowest BCUT2D eigenvalue weighted by molar-refractivity contribution is -0.152. The second kappa shape index (κ2) is 9.94. The fraction of sp³-hybridized carbons (Fsp3) is 0.550. The maximum Gasteiger partial charge on any atom is 0.308 e. The highest BCUT2D eigenvalue weighted by Crippen LogP contribution is 2.15. The van der Waals surface area contributed by atoms with Gasteiger partial charge in [-0.3, -0.25) is 14.4 Å². The summed E-state index contributed by atoms with van der Waals surface area (Å²) in [5.41, 5.74) is 1.03. The molecule has 7 heteroatoms. The molecule has 1 aromatic rings. The number of aryl methyl sites for hydroxylation is 1. The van der Waals surface area contributed by atoms with Crippen molar-refractivity contribution in [2.75, 3.05) is 26.3 Å². The van der Waals surface area contributed by atoms with Crippen LogP contribution in [0.2, 0.25) is 0 Å². The van der Waals surface area contributed by atoms with Gasteiger partial charge in [-0.15, -0.1) is 0 Å². The molecule has 1 aromatic carbocycles. The van der Waals surface area contributed by atoms with E-state index in [-0.39, 0.29) is 24.8 Å². The van der Waals surface area contributed by atoms with Crippen LogP contribution in [0.3, 0.4) is 0 Å². The summed E-state index contributed by atoms with van der Waals surface area (Å²) in [4.78, 5) is 38.2. The van der Waals surface area contributed by atoms with Crippen LogP contribution in [-0.2, 0) is 19.1 Å². The van der Waals surface area contributed by atoms with E-state index in [0.29, 0.717) is 31.4 Å². The maximum atomic E-state index is 12.6. The molecule has 7 nitrogen and oxygen atoms in total. The van der Waals surface area contributed by atoms with E-state index in [1.165, 1.54) is 4.90 Å². The Morgan fingerprint density at radius 1 is 1.33 bits per heavy atom. The molecule has 0 aliphatic carbocycles. The van der Waals surface area contributed by atoms with E-state index < -0.39 is 12.0 Å². The Kier molecular flexibility index (Phi) is 7.64. The molecule has 1 fully saturated rings. The summed E-state index contributed by atoms with van der Waals surface area (Å²) in [5.74, 6) is -0.130. The minimum Gasteiger partial charge on any atom is -0.484 e. The third kappa shape index (κ3) is 6.58. The zero-order valence-corrected chi connectivity index (χ0v) is 16.2. The van der Waals surface area contributed by atoms with Crippen molar-refractivity contribution in [2.24, 2.45) is 5.92 Å². The molecule has 1 N–H and O–H groups in total. The molecule has 1 heterocycles. The van der Waals surface area contributed by atoms with Crippen molar-refractivity contribution in [1.82, 2.24) is 10.2 Å². The first-order valence-electron chi connectivity index (χ1n) is 9.29. The number of nitrogens with zero attached hydrogens (tertiary/aromatic N) is 1. The summed E-state index contributed by atoms with van der Waals surface area (Å²) in [6.07, 6.45) is 0.607. The fourth-order valence-electron chi connectivity index (χ4n) is 2.77. The van der Waals surface area contributed by atoms with Crippen molar-refractivity contribution in [3.8, 4) is 5.75 Å². The summed E-state index contributed by atoms with van der Waals surface area (Å²) in [6.45, 7) is 6.84. The molecule has 0 radical (unpaired) electrons. The summed E-state index contributed by atoms with van der Waals surface area (Å²) in [7, 11) is 0. The molecule has 0 bridgehead atoms. The van der Waals surface area contributed by atoms with Crippen LogP contribution in [0.15, 0.2) is 24.3 Å². The number of benzene rings is 1. The van der Waals surface area contributed by atoms with Crippen LogP contribution in [0, 0.1) is 12.8 Å². The Labute approximate surface area is 160 Å². The number of amides is 2. The summed E-state index contributed by atoms with van der Waals surface area (Å²) < 4.78 is 10.7. The number of carbonyl (C=O) groups excluding carboxylic acids is 3. The normalized spacial score (nSPS) is 16.8. The van der Waals surface area contributed by atoms with E-state index in [4.69, 9.17) is 9.47 Å². The monoisotopic (exact) mass is 376 g/mol. The molecular formula is C20H28N2O5. The molecule has 0 saturated carbocycles. The Morgan fingerprint density at radius 3 is 2.81 bits per heavy atom. The summed E-state index contributed by atoms with van der Waals surface area (Å²) >= 11 is 0. The molecule has 1 aliphatic rings. The van der Waals surface area contributed by atoms with Crippen molar-refractivity contribution in [3.63, 3.8) is 0 Å². The molecule has 2 amide bonds. The molecule has 0 aromatic heterocycles. The molecule has 148 valence electrons. The Morgan fingerprint density at radius 2 is 2.11 bits per heavy atom. The molecule has 2 rings (SSSR count). The minimum atomic E-state index is -0.862. The van der Waals surface area contributed by atoms with Crippen LogP contribution >= 0.6 is 0 Å². The first kappa shape index (κ1) is 20.7. The highest BCUT2D eigenvalue weighted by atomic mass is 16.5. The molecule has 1 unspecified atom stereocenters. The van der Waals surface area contributed by atoms with Gasteiger partial charge in [0.05, 0.1) is 13.0 Å². The molecule has 27 heavy (non-hydrogen) atoms. The number of rotatable bonds is 8. The minimum absolute atomic E-state index is 0.153. The third-order valence-electron chi connectivity index (χ3n) is 4.32. The number of nitrogens with one attached hydrogen (secondary N) is 1. The average molecular weight is 376 g/mol. The van der Waals surface area contributed by atoms with Gasteiger partial charge in [0.1, 0.15) is 11.8 Å². The number of carbonyl (C=O) groups is 3. The van der Waals surface area contributed by atoms with Crippen molar-refractivity contribution < 1.29 is 23.9 Å². The van der Waals surface area contributed by atoms with Crippen LogP contribution in [-0.4, -0.2) is 55.0 Å². The topological polar surface area (TPSA) is 84.9 Å². The lowest BCUT2D eigenvalue weighted by atomic mass is 10.1. The zero-order chi connectivity index (χ0) is 19.8. The van der Waals surface area contributed by atoms with Gasteiger partial charge in [-0.1, -0.05) is 26.0 Å². The first-order chi connectivity index (χ1) is 12.9. The zero-order valence-electron chi connectivity index (χ0n) is 16.2. The summed E-state index contributed by atoms with van der Waals surface area (Å²) in [5, 5.41) is 2.70. The van der Waals surface area contributed by atoms with Gasteiger partial charge >= 0.3 is 5.97 Å². The Bertz CT molecular complexity index is 674. The van der Waals surface area contributed by atoms with Crippen LogP contribution in [0.1, 0.15) is 32.3 Å². The van der Waals surface area contributed by atoms with Crippen LogP contribution in [0.25, 0.3) is 0 Å². The van der Waals surface area contributed by atoms with Crippen molar-refractivity contribution >= 4 is 17.8 Å². The van der Waals surface area contributed by atoms with E-state index >= 15 is 0 Å². The maximum absolute atomic E-state index is 12.6. The highest BCUT2D eigenvalue weighted by Gasteiger charge is 2.35. The van der Waals surface area contributed by atoms with E-state index in [1.54, 1.807) is 6.07 Å². The van der Waals surface area contributed by atoms with E-state index in [1.807, 2.05) is 39.0 Å². The molecular weight excluding hydrogens is 348 g/mol. The summed E-state index contributed by atoms with van der Waals surface area (Å²) in [6, 6.07) is 6.52. The smallest absolute Gasteiger partial charge is 0.308 e. The van der Waals surface area contributed by atoms with Gasteiger partial charge < -0.3 is 19.7 Å². The standard InChI is InChI=1S/C20H28N2O5/c1-14(2)7-10-26-19(24)12-17-20(25)21-8-9-22(17)18(23)13-27-16-6-4-5-15(3)11-16/h4-6,11,14,17H,7-10,12-13H2,1-3H3,(H,21,25). The van der Waals surface area contributed by atoms with Gasteiger partial charge in [0.25, 0.3) is 5.91 Å². The van der Waals surface area contributed by atoms with Gasteiger partial charge in [0.15, 0.2) is 6.61 Å². The lowest BCUT2D eigenvalue weighted by Gasteiger charge is -2.34. The van der Waals surface area contributed by atoms with Crippen LogP contribution < -0.4 is 10.1 Å². The van der Waals surface area contributed by atoms with Gasteiger partial charge in [0.2, 0.25) is 5.91 Å². The predicted molar refractivity (Wildman–Crippen MR) is 100 cm³/mol. The number of piperazine rings is 1. The van der Waals surface area contributed by atoms with E-state index in [2.05, 4.69) is 5.32 Å². The predicted octanol–water partition coefficient (Wildman–Crippen LogP) is 1.68. The first-order valence-corrected chi connectivity index (χ1v) is 9.29. The average Bonchev–Trinajstić information content (AvgIpc) is 2.61. The highest BCUT2D eigenvalue weighted by molar-refractivity contribution is 5.92. The number of hydrogen-bond acceptors (Lipinski definition) is 5. The quantitative estimate of drug-likeness (QED) is 0.698. The molecule has 1 aliphatic heterocycles. The second-order valence-corrected chi connectivity index (χ2v) is 7.11. The van der Waals surface area contributed by atoms with Gasteiger partial charge in [-0.2, -0.15) is 0 Å². The molecule has 1 atom stereocenters. The SMILES string of the molecule is Cc1cccc(OCC(=O)N2CCNC(=O)C2CC(=O)OCCC(C)C)c1. The number of ether oxygens (including phenoxy) is 2. The third-order valence-corrected chi connectivity index (χ3v) is 4.32. The van der Waals surface area contributed by atoms with Crippen LogP contribution in [0.4, 0.5) is 0 Å². The number of hydrogen-bond donors (Lipinski definition) is 1. The number of esters is 1. The Balaban J connectivity index is 1.92. The van der Waals surface area contributed by atoms with Gasteiger partial charge in [0, 0.05) is 13.1 Å². The second-order valence-electron chi connectivity index (χ2n) is 7.11. The van der Waals surface area contributed by atoms with Crippen LogP contribution in [0.5, 0.6) is 5.75 Å². The van der Waals surface area contributed by atoms with Crippen molar-refractivity contribution in [1.29, 1.82) is 0 Å². The fourth-order valence-corrected chi connectivity index (χ4v) is 2.77. The Hall–Kier alpha value is -2.57. The van der Waals surface area contributed by atoms with Crippen molar-refractivity contribution in [3.05, 3.63) is 29.8 Å².